The highest BCUT2D eigenvalue weighted by molar-refractivity contribution is 5.88. The zero-order valence-corrected chi connectivity index (χ0v) is 81.9. The Hall–Kier alpha value is -12.9. The zero-order chi connectivity index (χ0) is 92.8. The van der Waals surface area contributed by atoms with Gasteiger partial charge in [-0.25, -0.2) is 0 Å². The first kappa shape index (κ1) is 95.7. The van der Waals surface area contributed by atoms with Gasteiger partial charge >= 0.3 is 0 Å². The molecular weight excluding hydrogens is 1610 g/mol. The van der Waals surface area contributed by atoms with Gasteiger partial charge in [-0.3, -0.25) is 0 Å². The first-order valence-electron chi connectivity index (χ1n) is 51.1. The Bertz CT molecular complexity index is 5910. The van der Waals surface area contributed by atoms with E-state index in [0.717, 1.165) is 111 Å². The van der Waals surface area contributed by atoms with Crippen molar-refractivity contribution in [3.05, 3.63) is 420 Å². The third kappa shape index (κ3) is 24.8. The topological polar surface area (TPSA) is 6.48 Å². The van der Waals surface area contributed by atoms with Crippen molar-refractivity contribution < 1.29 is 0 Å². The van der Waals surface area contributed by atoms with Crippen molar-refractivity contribution in [3.8, 4) is 111 Å². The van der Waals surface area contributed by atoms with Gasteiger partial charge in [0, 0.05) is 34.1 Å². The van der Waals surface area contributed by atoms with Gasteiger partial charge < -0.3 is 9.80 Å². The van der Waals surface area contributed by atoms with E-state index in [1.54, 1.807) is 0 Å². The standard InChI is InChI=1S/C90H96N2.C42H46/c1-9-15-17-19-23-79-63-90(88-60-58-86(62-66(88)8)92(82-51-43-76(44-52-82)72-35-27-68(14-6)28-36-72)84-55-47-78(48-56-84)74-39-31-70(22-12-4)32-40-74)80(24-20-18-16-10-2)64-89(79)87-59-57-85(61-65(87)7)91(81-49-41-75(42-50-81)71-33-25-67(13-5)26-34-71)83-53-45-77(46-54-83)73-37-29-69(21-11-3)30-38-73;1-3-5-7-11-21-39-31-42(38-29-25-36(26-30-38)34-19-15-10-16-20-34)40(22-12-8-6-4-2)32-41(39)37-27-23-35(24-28-37)33-17-13-9-14-18-33/h25-64H,9-24H2,1-8H3;9-10,13-20,23-32H,3-8,11-12,21-22H2,1-2H3. The average molecular weight is 1760 g/mol. The molecule has 0 radical (unpaired) electrons. The van der Waals surface area contributed by atoms with Crippen LogP contribution in [0.25, 0.3) is 111 Å². The fourth-order valence-corrected chi connectivity index (χ4v) is 19.6. The van der Waals surface area contributed by atoms with E-state index in [4.69, 9.17) is 0 Å². The zero-order valence-electron chi connectivity index (χ0n) is 81.9. The lowest BCUT2D eigenvalue weighted by Gasteiger charge is -2.28. The van der Waals surface area contributed by atoms with E-state index in [0.29, 0.717) is 0 Å². The molecule has 16 rings (SSSR count). The maximum Gasteiger partial charge on any atom is 0.0464 e. The number of aryl methyl sites for hydroxylation is 10. The normalized spacial score (nSPS) is 11.2. The molecule has 0 N–H and O–H groups in total. The van der Waals surface area contributed by atoms with E-state index < -0.39 is 0 Å². The molecule has 0 atom stereocenters. The summed E-state index contributed by atoms with van der Waals surface area (Å²) in [5.74, 6) is 0. The second kappa shape index (κ2) is 48.7. The highest BCUT2D eigenvalue weighted by Crippen LogP contribution is 2.46. The van der Waals surface area contributed by atoms with E-state index in [1.807, 2.05) is 0 Å². The number of unbranched alkanes of at least 4 members (excludes halogenated alkanes) is 12. The molecule has 0 fully saturated rings. The molecule has 0 saturated carbocycles. The van der Waals surface area contributed by atoms with E-state index in [-0.39, 0.29) is 0 Å². The van der Waals surface area contributed by atoms with Gasteiger partial charge in [0.2, 0.25) is 0 Å². The molecule has 0 spiro atoms. The van der Waals surface area contributed by atoms with Crippen molar-refractivity contribution >= 4 is 34.1 Å². The number of rotatable bonds is 42. The maximum absolute atomic E-state index is 2.62. The molecule has 16 aromatic rings. The molecule has 0 amide bonds. The lowest BCUT2D eigenvalue weighted by molar-refractivity contribution is 0.664. The van der Waals surface area contributed by atoms with Crippen molar-refractivity contribution in [2.75, 3.05) is 9.80 Å². The van der Waals surface area contributed by atoms with Crippen molar-refractivity contribution in [1.82, 2.24) is 0 Å². The van der Waals surface area contributed by atoms with Crippen LogP contribution in [0.1, 0.15) is 227 Å². The molecule has 134 heavy (non-hydrogen) atoms. The van der Waals surface area contributed by atoms with E-state index >= 15 is 0 Å². The van der Waals surface area contributed by atoms with Crippen LogP contribution in [0, 0.1) is 13.8 Å². The quantitative estimate of drug-likeness (QED) is 0.0352. The fourth-order valence-electron chi connectivity index (χ4n) is 19.6. The van der Waals surface area contributed by atoms with Crippen molar-refractivity contribution in [3.63, 3.8) is 0 Å². The molecule has 2 heteroatoms. The molecule has 0 heterocycles. The number of anilines is 6. The summed E-state index contributed by atoms with van der Waals surface area (Å²) in [4.78, 5) is 4.89. The van der Waals surface area contributed by atoms with Gasteiger partial charge in [0.05, 0.1) is 0 Å². The van der Waals surface area contributed by atoms with Crippen LogP contribution in [0.15, 0.2) is 364 Å². The summed E-state index contributed by atoms with van der Waals surface area (Å²) in [7, 11) is 0. The van der Waals surface area contributed by atoms with E-state index in [2.05, 4.69) is 443 Å². The van der Waals surface area contributed by atoms with Crippen molar-refractivity contribution in [2.24, 2.45) is 0 Å². The van der Waals surface area contributed by atoms with Crippen LogP contribution in [0.2, 0.25) is 0 Å². The van der Waals surface area contributed by atoms with Gasteiger partial charge in [-0.05, 0) is 331 Å². The van der Waals surface area contributed by atoms with Gasteiger partial charge in [0.1, 0.15) is 0 Å². The van der Waals surface area contributed by atoms with Gasteiger partial charge in [0.25, 0.3) is 0 Å². The molecule has 0 bridgehead atoms. The minimum Gasteiger partial charge on any atom is -0.310 e. The van der Waals surface area contributed by atoms with E-state index in [9.17, 15) is 0 Å². The summed E-state index contributed by atoms with van der Waals surface area (Å²) < 4.78 is 0. The lowest BCUT2D eigenvalue weighted by Crippen LogP contribution is -2.10. The number of nitrogens with zero attached hydrogens (tertiary/aromatic N) is 2. The SMILES string of the molecule is CCCCCCc1cc(-c2ccc(-c3ccccc3)cc2)c(CCCCCC)cc1-c1ccc(-c2ccccc2)cc1.CCCCCCc1cc(-c2ccc(N(c3ccc(-c4ccc(CC)cc4)cc3)c3ccc(-c4ccc(CCC)cc4)cc3)cc2C)c(CCCCCC)cc1-c1ccc(N(c2ccc(-c3ccc(CC)cc3)cc2)c2ccc(-c3ccc(CCC)cc3)cc2)cc1C. The first-order chi connectivity index (χ1) is 65.9. The molecule has 680 valence electrons. The molecule has 0 saturated heterocycles. The summed E-state index contributed by atoms with van der Waals surface area (Å²) in [6.45, 7) is 22.8. The van der Waals surface area contributed by atoms with Crippen LogP contribution >= 0.6 is 0 Å². The van der Waals surface area contributed by atoms with Crippen LogP contribution in [-0.4, -0.2) is 0 Å². The third-order valence-corrected chi connectivity index (χ3v) is 27.5. The van der Waals surface area contributed by atoms with Crippen molar-refractivity contribution in [2.45, 2.75) is 236 Å². The number of hydrogen-bond acceptors (Lipinski definition) is 2. The molecule has 0 unspecified atom stereocenters. The molecule has 16 aromatic carbocycles. The fraction of sp³-hybridized carbons (Fsp3) is 0.273. The summed E-state index contributed by atoms with van der Waals surface area (Å²) >= 11 is 0. The Balaban J connectivity index is 0.000000271. The molecule has 0 aliphatic rings. The van der Waals surface area contributed by atoms with Gasteiger partial charge in [0.15, 0.2) is 0 Å². The van der Waals surface area contributed by atoms with Gasteiger partial charge in [-0.15, -0.1) is 0 Å². The summed E-state index contributed by atoms with van der Waals surface area (Å²) in [5.41, 5.74) is 46.6. The lowest BCUT2D eigenvalue weighted by atomic mass is 9.84. The summed E-state index contributed by atoms with van der Waals surface area (Å²) in [5, 5.41) is 0. The highest BCUT2D eigenvalue weighted by atomic mass is 15.1. The molecule has 2 nitrogen and oxygen atoms in total. The average Bonchev–Trinajstić information content (AvgIpc) is 0.769. The maximum atomic E-state index is 2.62. The summed E-state index contributed by atoms with van der Waals surface area (Å²) in [6.07, 6.45) is 30.8. The Morgan fingerprint density at radius 2 is 0.373 bits per heavy atom. The number of hydrogen-bond donors (Lipinski definition) is 0. The van der Waals surface area contributed by atoms with Crippen LogP contribution in [0.5, 0.6) is 0 Å². The Labute approximate surface area is 805 Å². The van der Waals surface area contributed by atoms with Crippen LogP contribution < -0.4 is 9.80 Å². The minimum atomic E-state index is 1.04. The van der Waals surface area contributed by atoms with Crippen LogP contribution in [0.4, 0.5) is 34.1 Å². The van der Waals surface area contributed by atoms with Gasteiger partial charge in [-0.1, -0.05) is 436 Å². The minimum absolute atomic E-state index is 1.04. The highest BCUT2D eigenvalue weighted by Gasteiger charge is 2.23. The molecule has 0 aliphatic heterocycles. The Morgan fingerprint density at radius 3 is 0.619 bits per heavy atom. The second-order valence-corrected chi connectivity index (χ2v) is 37.3. The monoisotopic (exact) mass is 1760 g/mol. The Kier molecular flexibility index (Phi) is 34.8. The Morgan fingerprint density at radius 1 is 0.157 bits per heavy atom. The predicted molar refractivity (Wildman–Crippen MR) is 584 cm³/mol. The van der Waals surface area contributed by atoms with Crippen LogP contribution in [-0.2, 0) is 51.4 Å². The number of benzene rings is 16. The first-order valence-corrected chi connectivity index (χ1v) is 51.1. The van der Waals surface area contributed by atoms with E-state index in [1.165, 1.54) is 257 Å². The smallest absolute Gasteiger partial charge is 0.0464 e. The molecule has 0 aromatic heterocycles. The summed E-state index contributed by atoms with van der Waals surface area (Å²) in [6, 6.07) is 138. The molecule has 0 aliphatic carbocycles. The van der Waals surface area contributed by atoms with Crippen LogP contribution in [0.3, 0.4) is 0 Å². The predicted octanol–water partition coefficient (Wildman–Crippen LogP) is 39.1. The third-order valence-electron chi connectivity index (χ3n) is 27.5. The molecular formula is C132H142N2. The van der Waals surface area contributed by atoms with Gasteiger partial charge in [-0.2, -0.15) is 0 Å². The second-order valence-electron chi connectivity index (χ2n) is 37.3. The van der Waals surface area contributed by atoms with Crippen molar-refractivity contribution in [1.29, 1.82) is 0 Å². The largest absolute Gasteiger partial charge is 0.310 e.